The summed E-state index contributed by atoms with van der Waals surface area (Å²) in [5.41, 5.74) is 1.62. The van der Waals surface area contributed by atoms with Gasteiger partial charge in [-0.05, 0) is 42.0 Å². The Morgan fingerprint density at radius 3 is 2.25 bits per heavy atom. The number of piperazine rings is 1. The van der Waals surface area contributed by atoms with Crippen LogP contribution in [-0.4, -0.2) is 41.9 Å². The highest BCUT2D eigenvalue weighted by molar-refractivity contribution is 6.42. The Balaban J connectivity index is 1.56. The maximum Gasteiger partial charge on any atom is 0.253 e. The van der Waals surface area contributed by atoms with Gasteiger partial charge in [-0.2, -0.15) is 0 Å². The van der Waals surface area contributed by atoms with Gasteiger partial charge >= 0.3 is 0 Å². The van der Waals surface area contributed by atoms with Crippen molar-refractivity contribution < 1.29 is 9.18 Å². The maximum atomic E-state index is 13.0. The van der Waals surface area contributed by atoms with Gasteiger partial charge in [-0.1, -0.05) is 29.3 Å². The van der Waals surface area contributed by atoms with Crippen molar-refractivity contribution in [3.63, 3.8) is 0 Å². The van der Waals surface area contributed by atoms with Crippen LogP contribution < -0.4 is 0 Å². The molecule has 24 heavy (non-hydrogen) atoms. The Morgan fingerprint density at radius 1 is 0.958 bits per heavy atom. The standard InChI is InChI=1S/C18H17Cl2FN2O/c19-16-6-1-13(11-17(16)20)12-22-7-9-23(10-8-22)18(24)14-2-4-15(21)5-3-14/h1-6,11H,7-10,12H2. The minimum absolute atomic E-state index is 0.0517. The molecule has 1 aliphatic rings. The smallest absolute Gasteiger partial charge is 0.253 e. The number of halogens is 3. The molecule has 0 radical (unpaired) electrons. The van der Waals surface area contributed by atoms with Gasteiger partial charge in [0.15, 0.2) is 0 Å². The summed E-state index contributed by atoms with van der Waals surface area (Å²) in [4.78, 5) is 16.5. The zero-order valence-electron chi connectivity index (χ0n) is 13.0. The zero-order valence-corrected chi connectivity index (χ0v) is 14.5. The molecule has 1 heterocycles. The molecule has 1 saturated heterocycles. The quantitative estimate of drug-likeness (QED) is 0.816. The average molecular weight is 367 g/mol. The fraction of sp³-hybridized carbons (Fsp3) is 0.278. The van der Waals surface area contributed by atoms with E-state index in [9.17, 15) is 9.18 Å². The molecule has 0 bridgehead atoms. The zero-order chi connectivity index (χ0) is 17.1. The summed E-state index contributed by atoms with van der Waals surface area (Å²) in [6.07, 6.45) is 0. The van der Waals surface area contributed by atoms with E-state index in [0.29, 0.717) is 28.7 Å². The van der Waals surface area contributed by atoms with Crippen molar-refractivity contribution in [2.24, 2.45) is 0 Å². The van der Waals surface area contributed by atoms with Crippen LogP contribution >= 0.6 is 23.2 Å². The van der Waals surface area contributed by atoms with Crippen molar-refractivity contribution in [2.75, 3.05) is 26.2 Å². The van der Waals surface area contributed by atoms with Gasteiger partial charge in [0.1, 0.15) is 5.82 Å². The van der Waals surface area contributed by atoms with Gasteiger partial charge in [-0.3, -0.25) is 9.69 Å². The van der Waals surface area contributed by atoms with Gasteiger partial charge in [0.2, 0.25) is 0 Å². The normalized spacial score (nSPS) is 15.5. The molecular weight excluding hydrogens is 350 g/mol. The number of amides is 1. The molecule has 1 amide bonds. The molecule has 126 valence electrons. The molecule has 3 rings (SSSR count). The summed E-state index contributed by atoms with van der Waals surface area (Å²) >= 11 is 12.0. The monoisotopic (exact) mass is 366 g/mol. The minimum Gasteiger partial charge on any atom is -0.336 e. The van der Waals surface area contributed by atoms with Gasteiger partial charge in [0, 0.05) is 38.3 Å². The van der Waals surface area contributed by atoms with E-state index >= 15 is 0 Å². The van der Waals surface area contributed by atoms with Crippen molar-refractivity contribution in [1.29, 1.82) is 0 Å². The van der Waals surface area contributed by atoms with E-state index in [4.69, 9.17) is 23.2 Å². The first-order valence-corrected chi connectivity index (χ1v) is 8.49. The van der Waals surface area contributed by atoms with Crippen LogP contribution in [0.3, 0.4) is 0 Å². The SMILES string of the molecule is O=C(c1ccc(F)cc1)N1CCN(Cc2ccc(Cl)c(Cl)c2)CC1. The molecule has 1 aliphatic heterocycles. The summed E-state index contributed by atoms with van der Waals surface area (Å²) in [7, 11) is 0. The van der Waals surface area contributed by atoms with Crippen molar-refractivity contribution in [2.45, 2.75) is 6.54 Å². The lowest BCUT2D eigenvalue weighted by Gasteiger charge is -2.34. The number of rotatable bonds is 3. The van der Waals surface area contributed by atoms with E-state index in [1.54, 1.807) is 11.0 Å². The summed E-state index contributed by atoms with van der Waals surface area (Å²) in [6.45, 7) is 3.64. The van der Waals surface area contributed by atoms with Crippen LogP contribution in [-0.2, 0) is 6.54 Å². The summed E-state index contributed by atoms with van der Waals surface area (Å²) in [5.74, 6) is -0.387. The molecular formula is C18H17Cl2FN2O. The van der Waals surface area contributed by atoms with Crippen molar-refractivity contribution in [3.8, 4) is 0 Å². The third-order valence-corrected chi connectivity index (χ3v) is 4.88. The number of hydrogen-bond acceptors (Lipinski definition) is 2. The molecule has 0 unspecified atom stereocenters. The molecule has 0 saturated carbocycles. The fourth-order valence-electron chi connectivity index (χ4n) is 2.78. The Hall–Kier alpha value is -1.62. The molecule has 1 fully saturated rings. The van der Waals surface area contributed by atoms with Gasteiger partial charge in [0.25, 0.3) is 5.91 Å². The largest absolute Gasteiger partial charge is 0.336 e. The number of nitrogens with zero attached hydrogens (tertiary/aromatic N) is 2. The van der Waals surface area contributed by atoms with Crippen molar-refractivity contribution in [1.82, 2.24) is 9.80 Å². The molecule has 3 nitrogen and oxygen atoms in total. The lowest BCUT2D eigenvalue weighted by Crippen LogP contribution is -2.48. The highest BCUT2D eigenvalue weighted by Crippen LogP contribution is 2.23. The third-order valence-electron chi connectivity index (χ3n) is 4.14. The number of carbonyl (C=O) groups is 1. The van der Waals surface area contributed by atoms with E-state index < -0.39 is 0 Å². The number of hydrogen-bond donors (Lipinski definition) is 0. The summed E-state index contributed by atoms with van der Waals surface area (Å²) in [6, 6.07) is 11.3. The van der Waals surface area contributed by atoms with E-state index in [2.05, 4.69) is 4.90 Å². The molecule has 0 spiro atoms. The third kappa shape index (κ3) is 4.07. The Morgan fingerprint density at radius 2 is 1.62 bits per heavy atom. The first-order valence-electron chi connectivity index (χ1n) is 7.74. The predicted octanol–water partition coefficient (Wildman–Crippen LogP) is 4.09. The van der Waals surface area contributed by atoms with Gasteiger partial charge in [-0.15, -0.1) is 0 Å². The van der Waals surface area contributed by atoms with E-state index in [-0.39, 0.29) is 11.7 Å². The second-order valence-electron chi connectivity index (χ2n) is 5.82. The predicted molar refractivity (Wildman–Crippen MR) is 94.0 cm³/mol. The van der Waals surface area contributed by atoms with Crippen molar-refractivity contribution >= 4 is 29.1 Å². The minimum atomic E-state index is -0.335. The Bertz CT molecular complexity index is 728. The number of carbonyl (C=O) groups excluding carboxylic acids is 1. The second kappa shape index (κ2) is 7.51. The van der Waals surface area contributed by atoms with Crippen LogP contribution in [0.15, 0.2) is 42.5 Å². The van der Waals surface area contributed by atoms with Crippen LogP contribution in [0, 0.1) is 5.82 Å². The topological polar surface area (TPSA) is 23.6 Å². The van der Waals surface area contributed by atoms with Crippen LogP contribution in [0.4, 0.5) is 4.39 Å². The molecule has 0 N–H and O–H groups in total. The molecule has 0 atom stereocenters. The Kier molecular flexibility index (Phi) is 5.39. The van der Waals surface area contributed by atoms with E-state index in [1.165, 1.54) is 24.3 Å². The summed E-state index contributed by atoms with van der Waals surface area (Å²) in [5, 5.41) is 1.11. The van der Waals surface area contributed by atoms with Crippen LogP contribution in [0.2, 0.25) is 10.0 Å². The number of benzene rings is 2. The van der Waals surface area contributed by atoms with Crippen LogP contribution in [0.5, 0.6) is 0 Å². The van der Waals surface area contributed by atoms with Crippen LogP contribution in [0.1, 0.15) is 15.9 Å². The van der Waals surface area contributed by atoms with Gasteiger partial charge in [-0.25, -0.2) is 4.39 Å². The molecule has 6 heteroatoms. The molecule has 2 aromatic carbocycles. The van der Waals surface area contributed by atoms with E-state index in [1.807, 2.05) is 12.1 Å². The summed E-state index contributed by atoms with van der Waals surface area (Å²) < 4.78 is 13.0. The average Bonchev–Trinajstić information content (AvgIpc) is 2.59. The maximum absolute atomic E-state index is 13.0. The highest BCUT2D eigenvalue weighted by atomic mass is 35.5. The molecule has 0 aromatic heterocycles. The van der Waals surface area contributed by atoms with Gasteiger partial charge in [0.05, 0.1) is 10.0 Å². The van der Waals surface area contributed by atoms with Crippen LogP contribution in [0.25, 0.3) is 0 Å². The van der Waals surface area contributed by atoms with Gasteiger partial charge < -0.3 is 4.90 Å². The first-order chi connectivity index (χ1) is 11.5. The van der Waals surface area contributed by atoms with Crippen molar-refractivity contribution in [3.05, 3.63) is 69.5 Å². The lowest BCUT2D eigenvalue weighted by atomic mass is 10.1. The van der Waals surface area contributed by atoms with E-state index in [0.717, 1.165) is 25.2 Å². The first kappa shape index (κ1) is 17.2. The second-order valence-corrected chi connectivity index (χ2v) is 6.64. The highest BCUT2D eigenvalue weighted by Gasteiger charge is 2.22. The fourth-order valence-corrected chi connectivity index (χ4v) is 3.10. The Labute approximate surface area is 150 Å². The lowest BCUT2D eigenvalue weighted by molar-refractivity contribution is 0.0628. The molecule has 2 aromatic rings. The molecule has 0 aliphatic carbocycles.